The molecule has 0 aliphatic carbocycles. The number of amides is 1. The summed E-state index contributed by atoms with van der Waals surface area (Å²) < 4.78 is 18.2. The largest absolute Gasteiger partial charge is 0.394 e. The van der Waals surface area contributed by atoms with Crippen molar-refractivity contribution < 1.29 is 19.0 Å². The highest BCUT2D eigenvalue weighted by Gasteiger charge is 2.09. The third-order valence-corrected chi connectivity index (χ3v) is 2.67. The number of halogens is 2. The van der Waals surface area contributed by atoms with Gasteiger partial charge in [0.15, 0.2) is 0 Å². The fourth-order valence-electron chi connectivity index (χ4n) is 1.42. The van der Waals surface area contributed by atoms with E-state index in [1.165, 1.54) is 31.4 Å². The lowest BCUT2D eigenvalue weighted by molar-refractivity contribution is -0.117. The molecule has 0 bridgehead atoms. The van der Waals surface area contributed by atoms with Crippen molar-refractivity contribution in [2.24, 2.45) is 0 Å². The summed E-state index contributed by atoms with van der Waals surface area (Å²) >= 11 is 5.81. The summed E-state index contributed by atoms with van der Waals surface area (Å²) in [7, 11) is 1.46. The molecule has 0 heterocycles. The Hall–Kier alpha value is -1.43. The average molecular weight is 288 g/mol. The minimum Gasteiger partial charge on any atom is -0.394 e. The molecule has 1 amide bonds. The van der Waals surface area contributed by atoms with Crippen LogP contribution in [0.5, 0.6) is 0 Å². The summed E-state index contributed by atoms with van der Waals surface area (Å²) in [5, 5.41) is 11.7. The Morgan fingerprint density at radius 3 is 2.95 bits per heavy atom. The first-order chi connectivity index (χ1) is 9.08. The molecule has 0 spiro atoms. The summed E-state index contributed by atoms with van der Waals surface area (Å²) in [6, 6.07) is 3.77. The molecule has 0 aromatic heterocycles. The molecule has 1 aromatic rings. The lowest BCUT2D eigenvalue weighted by atomic mass is 10.2. The topological polar surface area (TPSA) is 58.6 Å². The highest BCUT2D eigenvalue weighted by atomic mass is 35.5. The number of methoxy groups -OCH3 is 1. The fraction of sp³-hybridized carbons (Fsp3) is 0.308. The van der Waals surface area contributed by atoms with Crippen LogP contribution in [0.15, 0.2) is 24.3 Å². The second kappa shape index (κ2) is 7.89. The number of rotatable bonds is 6. The molecule has 2 N–H and O–H groups in total. The predicted molar refractivity (Wildman–Crippen MR) is 71.3 cm³/mol. The Labute approximate surface area is 115 Å². The molecule has 6 heteroatoms. The molecular weight excluding hydrogens is 273 g/mol. The lowest BCUT2D eigenvalue weighted by Gasteiger charge is -2.13. The summed E-state index contributed by atoms with van der Waals surface area (Å²) in [4.78, 5) is 11.6. The van der Waals surface area contributed by atoms with E-state index in [0.717, 1.165) is 6.08 Å². The van der Waals surface area contributed by atoms with E-state index in [9.17, 15) is 9.18 Å². The first-order valence-electron chi connectivity index (χ1n) is 5.61. The SMILES string of the molecule is COCC(CO)NC(=O)/C=C/c1c(F)cccc1Cl. The molecule has 19 heavy (non-hydrogen) atoms. The van der Waals surface area contributed by atoms with Gasteiger partial charge in [0.2, 0.25) is 5.91 Å². The average Bonchev–Trinajstić information content (AvgIpc) is 2.37. The van der Waals surface area contributed by atoms with Crippen molar-refractivity contribution >= 4 is 23.6 Å². The van der Waals surface area contributed by atoms with Crippen LogP contribution in [0, 0.1) is 5.82 Å². The van der Waals surface area contributed by atoms with Gasteiger partial charge in [0.25, 0.3) is 0 Å². The van der Waals surface area contributed by atoms with Crippen molar-refractivity contribution in [2.45, 2.75) is 6.04 Å². The van der Waals surface area contributed by atoms with Gasteiger partial charge >= 0.3 is 0 Å². The number of ether oxygens (including phenoxy) is 1. The predicted octanol–water partition coefficient (Wildman–Crippen LogP) is 1.62. The van der Waals surface area contributed by atoms with Gasteiger partial charge in [-0.25, -0.2) is 4.39 Å². The van der Waals surface area contributed by atoms with E-state index in [2.05, 4.69) is 5.32 Å². The second-order valence-corrected chi connectivity index (χ2v) is 4.22. The molecule has 0 aliphatic heterocycles. The molecule has 0 fully saturated rings. The maximum Gasteiger partial charge on any atom is 0.244 e. The molecule has 1 unspecified atom stereocenters. The Kier molecular flexibility index (Phi) is 6.49. The van der Waals surface area contributed by atoms with Crippen LogP contribution in [-0.2, 0) is 9.53 Å². The number of carbonyl (C=O) groups excluding carboxylic acids is 1. The van der Waals surface area contributed by atoms with Crippen LogP contribution in [0.4, 0.5) is 4.39 Å². The minimum atomic E-state index is -0.507. The second-order valence-electron chi connectivity index (χ2n) is 3.81. The van der Waals surface area contributed by atoms with Crippen LogP contribution in [-0.4, -0.2) is 37.4 Å². The molecule has 1 aromatic carbocycles. The van der Waals surface area contributed by atoms with E-state index >= 15 is 0 Å². The quantitative estimate of drug-likeness (QED) is 0.782. The Morgan fingerprint density at radius 2 is 2.37 bits per heavy atom. The van der Waals surface area contributed by atoms with Crippen molar-refractivity contribution in [2.75, 3.05) is 20.3 Å². The number of aliphatic hydroxyl groups is 1. The van der Waals surface area contributed by atoms with Gasteiger partial charge in [-0.1, -0.05) is 17.7 Å². The zero-order chi connectivity index (χ0) is 14.3. The van der Waals surface area contributed by atoms with Crippen molar-refractivity contribution in [1.29, 1.82) is 0 Å². The van der Waals surface area contributed by atoms with Gasteiger partial charge in [-0.2, -0.15) is 0 Å². The number of aliphatic hydroxyl groups excluding tert-OH is 1. The van der Waals surface area contributed by atoms with Gasteiger partial charge < -0.3 is 15.2 Å². The molecular formula is C13H15ClFNO3. The van der Waals surface area contributed by atoms with Crippen LogP contribution in [0.2, 0.25) is 5.02 Å². The normalized spacial score (nSPS) is 12.6. The number of hydrogen-bond donors (Lipinski definition) is 2. The fourth-order valence-corrected chi connectivity index (χ4v) is 1.65. The molecule has 104 valence electrons. The standard InChI is InChI=1S/C13H15ClFNO3/c1-19-8-9(7-17)16-13(18)6-5-10-11(14)3-2-4-12(10)15/h2-6,9,17H,7-8H2,1H3,(H,16,18)/b6-5+. The van der Waals surface area contributed by atoms with Gasteiger partial charge in [-0.15, -0.1) is 0 Å². The third kappa shape index (κ3) is 4.98. The minimum absolute atomic E-state index is 0.145. The maximum atomic E-state index is 13.4. The van der Waals surface area contributed by atoms with Gasteiger partial charge in [-0.3, -0.25) is 4.79 Å². The van der Waals surface area contributed by atoms with Crippen molar-refractivity contribution in [3.8, 4) is 0 Å². The third-order valence-electron chi connectivity index (χ3n) is 2.34. The number of hydrogen-bond acceptors (Lipinski definition) is 3. The smallest absolute Gasteiger partial charge is 0.244 e. The van der Waals surface area contributed by atoms with Gasteiger partial charge in [0.05, 0.1) is 24.3 Å². The molecule has 0 saturated carbocycles. The van der Waals surface area contributed by atoms with Crippen LogP contribution >= 0.6 is 11.6 Å². The molecule has 0 saturated heterocycles. The number of carbonyl (C=O) groups is 1. The zero-order valence-corrected chi connectivity index (χ0v) is 11.2. The van der Waals surface area contributed by atoms with Crippen molar-refractivity contribution in [1.82, 2.24) is 5.32 Å². The van der Waals surface area contributed by atoms with E-state index in [0.29, 0.717) is 0 Å². The Balaban J connectivity index is 2.68. The van der Waals surface area contributed by atoms with Crippen LogP contribution < -0.4 is 5.32 Å². The van der Waals surface area contributed by atoms with Crippen molar-refractivity contribution in [3.63, 3.8) is 0 Å². The van der Waals surface area contributed by atoms with E-state index in [-0.39, 0.29) is 23.8 Å². The zero-order valence-electron chi connectivity index (χ0n) is 10.4. The van der Waals surface area contributed by atoms with Gasteiger partial charge in [0, 0.05) is 18.7 Å². The first-order valence-corrected chi connectivity index (χ1v) is 5.98. The van der Waals surface area contributed by atoms with Crippen molar-refractivity contribution in [3.05, 3.63) is 40.7 Å². The summed E-state index contributed by atoms with van der Waals surface area (Å²) in [6.45, 7) is -0.0512. The van der Waals surface area contributed by atoms with Crippen LogP contribution in [0.1, 0.15) is 5.56 Å². The van der Waals surface area contributed by atoms with Crippen LogP contribution in [0.25, 0.3) is 6.08 Å². The summed E-state index contributed by atoms with van der Waals surface area (Å²) in [5.74, 6) is -0.970. The molecule has 0 radical (unpaired) electrons. The van der Waals surface area contributed by atoms with Gasteiger partial charge in [0.1, 0.15) is 5.82 Å². The van der Waals surface area contributed by atoms with E-state index in [4.69, 9.17) is 21.4 Å². The van der Waals surface area contributed by atoms with E-state index < -0.39 is 17.8 Å². The highest BCUT2D eigenvalue weighted by Crippen LogP contribution is 2.20. The summed E-state index contributed by atoms with van der Waals surface area (Å²) in [6.07, 6.45) is 2.44. The first kappa shape index (κ1) is 15.6. The number of nitrogens with one attached hydrogen (secondary N) is 1. The lowest BCUT2D eigenvalue weighted by Crippen LogP contribution is -2.39. The highest BCUT2D eigenvalue weighted by molar-refractivity contribution is 6.32. The Bertz CT molecular complexity index is 445. The molecule has 4 nitrogen and oxygen atoms in total. The number of benzene rings is 1. The maximum absolute atomic E-state index is 13.4. The van der Waals surface area contributed by atoms with E-state index in [1.807, 2.05) is 0 Å². The van der Waals surface area contributed by atoms with Gasteiger partial charge in [-0.05, 0) is 18.2 Å². The molecule has 1 rings (SSSR count). The van der Waals surface area contributed by atoms with Crippen LogP contribution in [0.3, 0.4) is 0 Å². The molecule has 1 atom stereocenters. The van der Waals surface area contributed by atoms with E-state index in [1.54, 1.807) is 0 Å². The monoisotopic (exact) mass is 287 g/mol. The Morgan fingerprint density at radius 1 is 1.63 bits per heavy atom. The summed E-state index contributed by atoms with van der Waals surface area (Å²) in [5.41, 5.74) is 0.145. The molecule has 0 aliphatic rings.